The Labute approximate surface area is 195 Å². The molecule has 0 saturated carbocycles. The number of benzene rings is 2. The third-order valence-electron chi connectivity index (χ3n) is 7.27. The Morgan fingerprint density at radius 3 is 2.21 bits per heavy atom. The van der Waals surface area contributed by atoms with Crippen molar-refractivity contribution in [2.24, 2.45) is 0 Å². The van der Waals surface area contributed by atoms with Crippen molar-refractivity contribution < 1.29 is 9.32 Å². The van der Waals surface area contributed by atoms with Crippen molar-refractivity contribution in [1.82, 2.24) is 9.58 Å². The summed E-state index contributed by atoms with van der Waals surface area (Å²) < 4.78 is 7.29. The lowest BCUT2D eigenvalue weighted by atomic mass is 9.92. The molecule has 3 aromatic rings. The van der Waals surface area contributed by atoms with E-state index in [1.807, 2.05) is 9.58 Å². The molecule has 2 atom stereocenters. The summed E-state index contributed by atoms with van der Waals surface area (Å²) in [6, 6.07) is 18.6. The first kappa shape index (κ1) is 20.5. The summed E-state index contributed by atoms with van der Waals surface area (Å²) in [6.07, 6.45) is 6.50. The number of aromatic nitrogens is 1. The van der Waals surface area contributed by atoms with Gasteiger partial charge in [0, 0.05) is 18.8 Å². The topological polar surface area (TPSA) is 54.8 Å². The zero-order valence-corrected chi connectivity index (χ0v) is 19.5. The van der Waals surface area contributed by atoms with Gasteiger partial charge in [0.2, 0.25) is 11.2 Å². The monoisotopic (exact) mass is 459 g/mol. The standard InChI is InChI=1S/C26H26N3O3P/c30-21-14-16-28-24(25(21)32-33)26(31)27-15-6-5-11-22(27)29(28)23-19-9-3-1-7-17(19)12-13-18-8-2-4-10-20(18)23/h1-4,7-10,14,16,22-23H,5-6,11-13,15,33H2. The maximum absolute atomic E-state index is 13.6. The van der Waals surface area contributed by atoms with E-state index in [9.17, 15) is 9.59 Å². The number of carbonyl (C=O) groups is 1. The minimum absolute atomic E-state index is 0.0803. The predicted molar refractivity (Wildman–Crippen MR) is 130 cm³/mol. The van der Waals surface area contributed by atoms with E-state index in [1.54, 1.807) is 6.20 Å². The van der Waals surface area contributed by atoms with Crippen LogP contribution in [0.3, 0.4) is 0 Å². The molecule has 1 saturated heterocycles. The predicted octanol–water partition coefficient (Wildman–Crippen LogP) is 3.81. The number of hydrogen-bond donors (Lipinski definition) is 0. The second-order valence-electron chi connectivity index (χ2n) is 8.98. The number of carbonyl (C=O) groups excluding carboxylic acids is 1. The highest BCUT2D eigenvalue weighted by Crippen LogP contribution is 2.41. The first-order valence-electron chi connectivity index (χ1n) is 11.6. The zero-order valence-electron chi connectivity index (χ0n) is 18.3. The van der Waals surface area contributed by atoms with Gasteiger partial charge in [-0.3, -0.25) is 19.3 Å². The molecule has 1 aliphatic carbocycles. The Hall–Kier alpha value is -3.11. The number of aryl methyl sites for hydroxylation is 2. The number of rotatable bonds is 2. The Bertz CT molecular complexity index is 1260. The molecule has 2 aromatic carbocycles. The molecule has 0 bridgehead atoms. The Kier molecular flexibility index (Phi) is 4.99. The minimum atomic E-state index is -0.290. The molecular weight excluding hydrogens is 433 g/mol. The van der Waals surface area contributed by atoms with E-state index >= 15 is 0 Å². The second-order valence-corrected chi connectivity index (χ2v) is 9.21. The molecule has 168 valence electrons. The van der Waals surface area contributed by atoms with Gasteiger partial charge in [0.15, 0.2) is 5.69 Å². The number of amides is 1. The van der Waals surface area contributed by atoms with Crippen LogP contribution in [0.1, 0.15) is 58.0 Å². The van der Waals surface area contributed by atoms with Gasteiger partial charge in [-0.25, -0.2) is 0 Å². The molecule has 1 fully saturated rings. The molecule has 3 aliphatic rings. The van der Waals surface area contributed by atoms with Gasteiger partial charge < -0.3 is 9.42 Å². The number of nitrogens with zero attached hydrogens (tertiary/aromatic N) is 3. The normalized spacial score (nSPS) is 19.8. The smallest absolute Gasteiger partial charge is 0.278 e. The summed E-state index contributed by atoms with van der Waals surface area (Å²) in [6.45, 7) is 0.676. The average Bonchev–Trinajstić information content (AvgIpc) is 3.02. The van der Waals surface area contributed by atoms with Crippen LogP contribution in [0.15, 0.2) is 65.6 Å². The van der Waals surface area contributed by atoms with Gasteiger partial charge in [0.1, 0.15) is 6.17 Å². The molecule has 0 radical (unpaired) electrons. The van der Waals surface area contributed by atoms with E-state index in [2.05, 4.69) is 63.0 Å². The van der Waals surface area contributed by atoms with Gasteiger partial charge in [-0.2, -0.15) is 0 Å². The molecule has 0 spiro atoms. The number of piperidine rings is 1. The Morgan fingerprint density at radius 2 is 1.55 bits per heavy atom. The van der Waals surface area contributed by atoms with Crippen molar-refractivity contribution in [3.8, 4) is 5.75 Å². The lowest BCUT2D eigenvalue weighted by Gasteiger charge is -2.52. The largest absolute Gasteiger partial charge is 0.474 e. The van der Waals surface area contributed by atoms with E-state index in [0.29, 0.717) is 12.2 Å². The van der Waals surface area contributed by atoms with Crippen molar-refractivity contribution in [2.75, 3.05) is 11.6 Å². The summed E-state index contributed by atoms with van der Waals surface area (Å²) in [5, 5.41) is 2.31. The number of hydrogen-bond acceptors (Lipinski definition) is 4. The summed E-state index contributed by atoms with van der Waals surface area (Å²) in [7, 11) is 2.14. The highest BCUT2D eigenvalue weighted by Gasteiger charge is 2.45. The van der Waals surface area contributed by atoms with E-state index in [1.165, 1.54) is 28.3 Å². The number of pyridine rings is 1. The summed E-state index contributed by atoms with van der Waals surface area (Å²) in [5.74, 6) is -0.0574. The van der Waals surface area contributed by atoms with Crippen LogP contribution < -0.4 is 15.0 Å². The third kappa shape index (κ3) is 3.12. The summed E-state index contributed by atoms with van der Waals surface area (Å²) >= 11 is 0. The van der Waals surface area contributed by atoms with Crippen LogP contribution in [-0.2, 0) is 12.8 Å². The van der Waals surface area contributed by atoms with E-state index < -0.39 is 0 Å². The second kappa shape index (κ2) is 8.03. The van der Waals surface area contributed by atoms with Crippen molar-refractivity contribution >= 4 is 15.4 Å². The molecule has 2 unspecified atom stereocenters. The van der Waals surface area contributed by atoms with Gasteiger partial charge in [-0.15, -0.1) is 0 Å². The molecule has 7 heteroatoms. The van der Waals surface area contributed by atoms with Gasteiger partial charge in [0.25, 0.3) is 5.91 Å². The highest BCUT2D eigenvalue weighted by atomic mass is 31.0. The van der Waals surface area contributed by atoms with Crippen LogP contribution in [0.25, 0.3) is 0 Å². The molecule has 0 N–H and O–H groups in total. The van der Waals surface area contributed by atoms with E-state index in [-0.39, 0.29) is 29.3 Å². The van der Waals surface area contributed by atoms with Gasteiger partial charge in [-0.1, -0.05) is 48.5 Å². The lowest BCUT2D eigenvalue weighted by Crippen LogP contribution is -2.63. The third-order valence-corrected chi connectivity index (χ3v) is 7.50. The lowest BCUT2D eigenvalue weighted by molar-refractivity contribution is 0.0465. The minimum Gasteiger partial charge on any atom is -0.474 e. The Balaban J connectivity index is 1.66. The molecule has 6 rings (SSSR count). The highest BCUT2D eigenvalue weighted by molar-refractivity contribution is 7.10. The molecule has 33 heavy (non-hydrogen) atoms. The van der Waals surface area contributed by atoms with Crippen molar-refractivity contribution in [1.29, 1.82) is 0 Å². The van der Waals surface area contributed by atoms with Crippen LogP contribution in [0.4, 0.5) is 0 Å². The van der Waals surface area contributed by atoms with Crippen molar-refractivity contribution in [3.05, 3.63) is 99.0 Å². The average molecular weight is 459 g/mol. The van der Waals surface area contributed by atoms with Crippen LogP contribution >= 0.6 is 9.47 Å². The first-order chi connectivity index (χ1) is 16.2. The van der Waals surface area contributed by atoms with E-state index in [4.69, 9.17) is 4.52 Å². The van der Waals surface area contributed by atoms with Crippen LogP contribution in [0.5, 0.6) is 5.75 Å². The fraction of sp³-hybridized carbons (Fsp3) is 0.308. The summed E-state index contributed by atoms with van der Waals surface area (Å²) in [5.41, 5.74) is 5.16. The zero-order chi connectivity index (χ0) is 22.5. The molecule has 1 aromatic heterocycles. The molecule has 2 aliphatic heterocycles. The molecular formula is C26H26N3O3P. The van der Waals surface area contributed by atoms with Gasteiger partial charge in [-0.05, 0) is 54.4 Å². The van der Waals surface area contributed by atoms with Crippen LogP contribution in [-0.4, -0.2) is 28.2 Å². The molecule has 1 amide bonds. The van der Waals surface area contributed by atoms with E-state index in [0.717, 1.165) is 32.1 Å². The quantitative estimate of drug-likeness (QED) is 0.547. The van der Waals surface area contributed by atoms with Gasteiger partial charge in [0.05, 0.1) is 15.5 Å². The molecule has 3 heterocycles. The summed E-state index contributed by atoms with van der Waals surface area (Å²) in [4.78, 5) is 28.2. The van der Waals surface area contributed by atoms with Crippen LogP contribution in [0.2, 0.25) is 0 Å². The van der Waals surface area contributed by atoms with Crippen LogP contribution in [0, 0.1) is 0 Å². The molecule has 6 nitrogen and oxygen atoms in total. The van der Waals surface area contributed by atoms with Crippen molar-refractivity contribution in [3.63, 3.8) is 0 Å². The Morgan fingerprint density at radius 1 is 0.879 bits per heavy atom. The van der Waals surface area contributed by atoms with Crippen molar-refractivity contribution in [2.45, 2.75) is 44.3 Å². The maximum atomic E-state index is 13.6. The number of fused-ring (bicyclic) bond motifs is 4. The fourth-order valence-corrected chi connectivity index (χ4v) is 6.02. The van der Waals surface area contributed by atoms with Gasteiger partial charge >= 0.3 is 0 Å². The maximum Gasteiger partial charge on any atom is 0.278 e. The fourth-order valence-electron chi connectivity index (χ4n) is 5.79. The first-order valence-corrected chi connectivity index (χ1v) is 12.0. The SMILES string of the molecule is O=C1c2c(OP)c(=O)ccn2N(C2c3ccccc3CCc3ccccc32)C2CCCCN12.